The Balaban J connectivity index is 3.56. The van der Waals surface area contributed by atoms with E-state index in [2.05, 4.69) is 26.8 Å². The number of ether oxygens (including phenoxy) is 1. The number of carbonyl (C=O) groups is 1. The zero-order valence-corrected chi connectivity index (χ0v) is 9.38. The average molecular weight is 196 g/mol. The summed E-state index contributed by atoms with van der Waals surface area (Å²) in [6.07, 6.45) is 7.17. The lowest BCUT2D eigenvalue weighted by atomic mass is 10.1. The number of rotatable bonds is 7. The van der Waals surface area contributed by atoms with E-state index in [0.717, 1.165) is 19.1 Å². The normalized spacial score (nSPS) is 11.2. The van der Waals surface area contributed by atoms with Gasteiger partial charge in [0.05, 0.1) is 6.61 Å². The summed E-state index contributed by atoms with van der Waals surface area (Å²) in [4.78, 5) is 9.94. The van der Waals surface area contributed by atoms with Crippen molar-refractivity contribution in [1.29, 1.82) is 0 Å². The molecule has 0 amide bonds. The van der Waals surface area contributed by atoms with E-state index in [9.17, 15) is 4.79 Å². The fraction of sp³-hybridized carbons (Fsp3) is 0.583. The van der Waals surface area contributed by atoms with Crippen LogP contribution in [0.3, 0.4) is 0 Å². The van der Waals surface area contributed by atoms with Crippen molar-refractivity contribution in [1.82, 2.24) is 0 Å². The predicted molar refractivity (Wildman–Crippen MR) is 59.3 cm³/mol. The Morgan fingerprint density at radius 3 is 2.43 bits per heavy atom. The standard InChI is InChI=1S/C12H20O2/c1-11(2)5-4-6-12(3)7-9-14-10-8-13/h5,7-8H,4,6,9-10H2,1-3H3/b12-7+. The van der Waals surface area contributed by atoms with E-state index in [1.54, 1.807) is 0 Å². The first-order chi connectivity index (χ1) is 6.66. The monoisotopic (exact) mass is 196 g/mol. The second-order valence-corrected chi connectivity index (χ2v) is 3.57. The van der Waals surface area contributed by atoms with Crippen LogP contribution in [0.2, 0.25) is 0 Å². The lowest BCUT2D eigenvalue weighted by molar-refractivity contribution is -0.111. The largest absolute Gasteiger partial charge is 0.370 e. The molecule has 0 radical (unpaired) electrons. The van der Waals surface area contributed by atoms with Gasteiger partial charge in [-0.25, -0.2) is 0 Å². The van der Waals surface area contributed by atoms with Crippen molar-refractivity contribution < 1.29 is 9.53 Å². The Hall–Kier alpha value is -0.890. The van der Waals surface area contributed by atoms with Crippen molar-refractivity contribution in [3.8, 4) is 0 Å². The van der Waals surface area contributed by atoms with Gasteiger partial charge in [-0.2, -0.15) is 0 Å². The maximum atomic E-state index is 9.94. The Morgan fingerprint density at radius 2 is 1.86 bits per heavy atom. The van der Waals surface area contributed by atoms with E-state index < -0.39 is 0 Å². The number of hydrogen-bond donors (Lipinski definition) is 0. The minimum absolute atomic E-state index is 0.192. The summed E-state index contributed by atoms with van der Waals surface area (Å²) in [5.74, 6) is 0. The van der Waals surface area contributed by atoms with E-state index in [-0.39, 0.29) is 6.61 Å². The van der Waals surface area contributed by atoms with Gasteiger partial charge in [-0.1, -0.05) is 23.3 Å². The van der Waals surface area contributed by atoms with Gasteiger partial charge in [0.2, 0.25) is 0 Å². The molecule has 0 aromatic heterocycles. The summed E-state index contributed by atoms with van der Waals surface area (Å²) in [5.41, 5.74) is 2.67. The van der Waals surface area contributed by atoms with Gasteiger partial charge in [0, 0.05) is 0 Å². The van der Waals surface area contributed by atoms with Crippen molar-refractivity contribution in [3.05, 3.63) is 23.3 Å². The van der Waals surface area contributed by atoms with Crippen LogP contribution in [0.25, 0.3) is 0 Å². The van der Waals surface area contributed by atoms with Crippen LogP contribution < -0.4 is 0 Å². The number of allylic oxidation sites excluding steroid dienone is 3. The van der Waals surface area contributed by atoms with E-state index in [0.29, 0.717) is 6.61 Å². The fourth-order valence-electron chi connectivity index (χ4n) is 1.01. The van der Waals surface area contributed by atoms with Gasteiger partial charge in [0.25, 0.3) is 0 Å². The van der Waals surface area contributed by atoms with Gasteiger partial charge in [0.15, 0.2) is 0 Å². The molecule has 0 rings (SSSR count). The SMILES string of the molecule is CC(C)=CCC/C(C)=C/COCC=O. The zero-order chi connectivity index (χ0) is 10.8. The Bertz CT molecular complexity index is 210. The molecule has 0 unspecified atom stereocenters. The third-order valence-corrected chi connectivity index (χ3v) is 1.83. The Kier molecular flexibility index (Phi) is 8.14. The molecule has 0 heterocycles. The third kappa shape index (κ3) is 9.20. The van der Waals surface area contributed by atoms with Gasteiger partial charge in [-0.05, 0) is 33.6 Å². The number of aldehydes is 1. The second kappa shape index (κ2) is 8.70. The highest BCUT2D eigenvalue weighted by molar-refractivity contribution is 5.50. The number of hydrogen-bond acceptors (Lipinski definition) is 2. The van der Waals surface area contributed by atoms with Crippen molar-refractivity contribution in [2.75, 3.05) is 13.2 Å². The summed E-state index contributed by atoms with van der Waals surface area (Å²) in [6, 6.07) is 0. The highest BCUT2D eigenvalue weighted by atomic mass is 16.5. The molecule has 0 saturated heterocycles. The highest BCUT2D eigenvalue weighted by Crippen LogP contribution is 2.06. The van der Waals surface area contributed by atoms with Gasteiger partial charge in [0.1, 0.15) is 12.9 Å². The quantitative estimate of drug-likeness (QED) is 0.355. The first-order valence-electron chi connectivity index (χ1n) is 4.97. The summed E-state index contributed by atoms with van der Waals surface area (Å²) in [6.45, 7) is 7.03. The smallest absolute Gasteiger partial charge is 0.145 e. The van der Waals surface area contributed by atoms with Crippen LogP contribution in [-0.4, -0.2) is 19.5 Å². The number of carbonyl (C=O) groups excluding carboxylic acids is 1. The lowest BCUT2D eigenvalue weighted by Crippen LogP contribution is -1.95. The molecular weight excluding hydrogens is 176 g/mol. The first-order valence-corrected chi connectivity index (χ1v) is 4.97. The van der Waals surface area contributed by atoms with Crippen LogP contribution in [0.5, 0.6) is 0 Å². The molecule has 0 aliphatic heterocycles. The minimum atomic E-state index is 0.192. The molecule has 0 N–H and O–H groups in total. The first kappa shape index (κ1) is 13.1. The predicted octanol–water partition coefficient (Wildman–Crippen LogP) is 2.89. The van der Waals surface area contributed by atoms with Crippen LogP contribution in [-0.2, 0) is 9.53 Å². The molecule has 0 bridgehead atoms. The molecule has 2 nitrogen and oxygen atoms in total. The van der Waals surface area contributed by atoms with E-state index in [1.807, 2.05) is 6.08 Å². The van der Waals surface area contributed by atoms with Crippen molar-refractivity contribution in [3.63, 3.8) is 0 Å². The molecule has 0 spiro atoms. The lowest BCUT2D eigenvalue weighted by Gasteiger charge is -1.99. The molecule has 14 heavy (non-hydrogen) atoms. The van der Waals surface area contributed by atoms with E-state index >= 15 is 0 Å². The molecule has 0 aliphatic carbocycles. The Labute approximate surface area is 86.6 Å². The molecule has 0 fully saturated rings. The van der Waals surface area contributed by atoms with Gasteiger partial charge in [-0.3, -0.25) is 0 Å². The minimum Gasteiger partial charge on any atom is -0.370 e. The summed E-state index contributed by atoms with van der Waals surface area (Å²) in [5, 5.41) is 0. The molecule has 0 aromatic rings. The third-order valence-electron chi connectivity index (χ3n) is 1.83. The van der Waals surface area contributed by atoms with Crippen molar-refractivity contribution >= 4 is 6.29 Å². The molecule has 2 heteroatoms. The molecule has 0 aromatic carbocycles. The fourth-order valence-corrected chi connectivity index (χ4v) is 1.01. The summed E-state index contributed by atoms with van der Waals surface area (Å²) >= 11 is 0. The van der Waals surface area contributed by atoms with Gasteiger partial charge in [-0.15, -0.1) is 0 Å². The van der Waals surface area contributed by atoms with Crippen LogP contribution >= 0.6 is 0 Å². The molecule has 0 saturated carbocycles. The highest BCUT2D eigenvalue weighted by Gasteiger charge is 1.89. The molecule has 80 valence electrons. The van der Waals surface area contributed by atoms with Crippen molar-refractivity contribution in [2.45, 2.75) is 33.6 Å². The summed E-state index contributed by atoms with van der Waals surface area (Å²) < 4.78 is 5.02. The summed E-state index contributed by atoms with van der Waals surface area (Å²) in [7, 11) is 0. The second-order valence-electron chi connectivity index (χ2n) is 3.57. The van der Waals surface area contributed by atoms with E-state index in [4.69, 9.17) is 4.74 Å². The van der Waals surface area contributed by atoms with Crippen LogP contribution in [0.4, 0.5) is 0 Å². The maximum Gasteiger partial charge on any atom is 0.145 e. The topological polar surface area (TPSA) is 26.3 Å². The van der Waals surface area contributed by atoms with Crippen molar-refractivity contribution in [2.24, 2.45) is 0 Å². The van der Waals surface area contributed by atoms with Gasteiger partial charge >= 0.3 is 0 Å². The zero-order valence-electron chi connectivity index (χ0n) is 9.38. The molecule has 0 aliphatic rings. The van der Waals surface area contributed by atoms with E-state index in [1.165, 1.54) is 11.1 Å². The maximum absolute atomic E-state index is 9.94. The Morgan fingerprint density at radius 1 is 1.14 bits per heavy atom. The molecular formula is C12H20O2. The average Bonchev–Trinajstić information content (AvgIpc) is 2.12. The molecule has 0 atom stereocenters. The van der Waals surface area contributed by atoms with Gasteiger partial charge < -0.3 is 9.53 Å². The van der Waals surface area contributed by atoms with Crippen LogP contribution in [0.15, 0.2) is 23.3 Å². The van der Waals surface area contributed by atoms with Crippen LogP contribution in [0, 0.1) is 0 Å². The van der Waals surface area contributed by atoms with Crippen LogP contribution in [0.1, 0.15) is 33.6 Å².